The molecule has 0 saturated heterocycles. The maximum Gasteiger partial charge on any atom is 0.0159 e. The van der Waals surface area contributed by atoms with Crippen LogP contribution in [-0.2, 0) is 17.3 Å². The van der Waals surface area contributed by atoms with Crippen LogP contribution in [0.5, 0.6) is 0 Å². The highest BCUT2D eigenvalue weighted by Crippen LogP contribution is 2.55. The molecule has 0 nitrogen and oxygen atoms in total. The lowest BCUT2D eigenvalue weighted by Gasteiger charge is -2.24. The summed E-state index contributed by atoms with van der Waals surface area (Å²) in [7, 11) is 0. The highest BCUT2D eigenvalue weighted by atomic mass is 14.4. The monoisotopic (exact) mass is 994 g/mol. The van der Waals surface area contributed by atoms with Gasteiger partial charge in [-0.2, -0.15) is 0 Å². The van der Waals surface area contributed by atoms with Crippen molar-refractivity contribution in [2.75, 3.05) is 0 Å². The Morgan fingerprint density at radius 3 is 0.872 bits per heavy atom. The number of fused-ring (bicyclic) bond motifs is 10. The van der Waals surface area contributed by atoms with Crippen molar-refractivity contribution < 1.29 is 0 Å². The average molecular weight is 995 g/mol. The normalized spacial score (nSPS) is 13.7. The standard InChI is InChI=1S/C78H58/c1-6-48-31-33-50(34-32-48)73-61-23-10-12-25-63(61)75(64-26-13-11-24-62(64)73)55-37-41-59-57-39-35-52(44-69(57)77(2,3)71(59)46-55)53-36-40-58-60-42-38-56(47-72(60)78(4,5)70(58)45-53)76-67-29-16-14-27-65(67)74(66-28-15-17-30-68(66)76)54-22-18-21-51(43-54)49-19-8-7-9-20-49/h7-47H,6H2,1-5H3. The molecule has 0 N–H and O–H groups in total. The van der Waals surface area contributed by atoms with Crippen molar-refractivity contribution in [1.29, 1.82) is 0 Å². The van der Waals surface area contributed by atoms with Gasteiger partial charge < -0.3 is 0 Å². The van der Waals surface area contributed by atoms with E-state index >= 15 is 0 Å². The van der Waals surface area contributed by atoms with Gasteiger partial charge in [-0.1, -0.05) is 253 Å². The molecule has 0 aromatic heterocycles. The Bertz CT molecular complexity index is 4510. The van der Waals surface area contributed by atoms with Gasteiger partial charge in [-0.25, -0.2) is 0 Å². The van der Waals surface area contributed by atoms with Crippen molar-refractivity contribution in [2.45, 2.75) is 51.9 Å². The Kier molecular flexibility index (Phi) is 10.4. The van der Waals surface area contributed by atoms with Gasteiger partial charge in [0.25, 0.3) is 0 Å². The van der Waals surface area contributed by atoms with Gasteiger partial charge in [0.05, 0.1) is 0 Å². The van der Waals surface area contributed by atoms with Gasteiger partial charge in [0.15, 0.2) is 0 Å². The molecule has 2 aliphatic rings. The van der Waals surface area contributed by atoms with Crippen molar-refractivity contribution in [3.63, 3.8) is 0 Å². The smallest absolute Gasteiger partial charge is 0.0159 e. The number of rotatable bonds is 7. The maximum absolute atomic E-state index is 2.51. The first-order valence-electron chi connectivity index (χ1n) is 27.9. The van der Waals surface area contributed by atoms with Crippen molar-refractivity contribution in [2.24, 2.45) is 0 Å². The largest absolute Gasteiger partial charge is 0.0622 e. The van der Waals surface area contributed by atoms with Gasteiger partial charge in [0.1, 0.15) is 0 Å². The van der Waals surface area contributed by atoms with E-state index in [1.807, 2.05) is 0 Å². The second kappa shape index (κ2) is 17.5. The van der Waals surface area contributed by atoms with Gasteiger partial charge >= 0.3 is 0 Å². The predicted molar refractivity (Wildman–Crippen MR) is 334 cm³/mol. The van der Waals surface area contributed by atoms with Crippen molar-refractivity contribution in [3.8, 4) is 89.0 Å². The Balaban J connectivity index is 0.788. The van der Waals surface area contributed by atoms with E-state index in [0.717, 1.165) is 6.42 Å². The summed E-state index contributed by atoms with van der Waals surface area (Å²) in [6.45, 7) is 11.9. The lowest BCUT2D eigenvalue weighted by atomic mass is 9.79. The maximum atomic E-state index is 2.51. The lowest BCUT2D eigenvalue weighted by Crippen LogP contribution is -2.15. The molecular formula is C78H58. The minimum absolute atomic E-state index is 0.204. The topological polar surface area (TPSA) is 0 Å². The molecule has 370 valence electrons. The summed E-state index contributed by atoms with van der Waals surface area (Å²) in [5.74, 6) is 0. The van der Waals surface area contributed by atoms with Crippen LogP contribution in [0.15, 0.2) is 249 Å². The second-order valence-electron chi connectivity index (χ2n) is 23.0. The Morgan fingerprint density at radius 2 is 0.500 bits per heavy atom. The van der Waals surface area contributed by atoms with Crippen LogP contribution in [0.2, 0.25) is 0 Å². The summed E-state index contributed by atoms with van der Waals surface area (Å²) in [5, 5.41) is 10.2. The number of benzene rings is 13. The van der Waals surface area contributed by atoms with E-state index in [1.165, 1.54) is 160 Å². The summed E-state index contributed by atoms with van der Waals surface area (Å²) in [6, 6.07) is 94.2. The highest BCUT2D eigenvalue weighted by Gasteiger charge is 2.38. The van der Waals surface area contributed by atoms with Crippen LogP contribution in [0.4, 0.5) is 0 Å². The van der Waals surface area contributed by atoms with E-state index in [9.17, 15) is 0 Å². The van der Waals surface area contributed by atoms with E-state index in [2.05, 4.69) is 283 Å². The first-order chi connectivity index (χ1) is 38.2. The molecule has 78 heavy (non-hydrogen) atoms. The van der Waals surface area contributed by atoms with Crippen LogP contribution in [0.25, 0.3) is 132 Å². The minimum Gasteiger partial charge on any atom is -0.0622 e. The second-order valence-corrected chi connectivity index (χ2v) is 23.0. The molecule has 0 heterocycles. The van der Waals surface area contributed by atoms with E-state index in [4.69, 9.17) is 0 Å². The molecule has 0 spiro atoms. The highest BCUT2D eigenvalue weighted by molar-refractivity contribution is 6.23. The molecule has 0 aliphatic heterocycles. The average Bonchev–Trinajstić information content (AvgIpc) is 4.02. The molecular weight excluding hydrogens is 937 g/mol. The molecule has 13 aromatic rings. The molecule has 0 amide bonds. The van der Waals surface area contributed by atoms with Crippen LogP contribution in [-0.4, -0.2) is 0 Å². The fourth-order valence-electron chi connectivity index (χ4n) is 14.0. The lowest BCUT2D eigenvalue weighted by molar-refractivity contribution is 0.660. The fraction of sp³-hybridized carbons (Fsp3) is 0.103. The fourth-order valence-corrected chi connectivity index (χ4v) is 14.0. The van der Waals surface area contributed by atoms with E-state index in [1.54, 1.807) is 0 Å². The first-order valence-corrected chi connectivity index (χ1v) is 27.9. The predicted octanol–water partition coefficient (Wildman–Crippen LogP) is 21.5. The summed E-state index contributed by atoms with van der Waals surface area (Å²) in [6.07, 6.45) is 1.03. The molecule has 0 atom stereocenters. The Hall–Kier alpha value is -9.10. The molecule has 0 fully saturated rings. The Labute approximate surface area is 458 Å². The quantitative estimate of drug-likeness (QED) is 0.140. The summed E-state index contributed by atoms with van der Waals surface area (Å²) >= 11 is 0. The van der Waals surface area contributed by atoms with Crippen LogP contribution >= 0.6 is 0 Å². The summed E-state index contributed by atoms with van der Waals surface area (Å²) in [5.41, 5.74) is 27.0. The molecule has 0 heteroatoms. The van der Waals surface area contributed by atoms with Crippen LogP contribution in [0, 0.1) is 0 Å². The number of aryl methyl sites for hydroxylation is 1. The third-order valence-electron chi connectivity index (χ3n) is 18.0. The van der Waals surface area contributed by atoms with Gasteiger partial charge in [-0.3, -0.25) is 0 Å². The van der Waals surface area contributed by atoms with Crippen LogP contribution in [0.3, 0.4) is 0 Å². The van der Waals surface area contributed by atoms with E-state index < -0.39 is 0 Å². The molecule has 2 aliphatic carbocycles. The minimum atomic E-state index is -0.213. The van der Waals surface area contributed by atoms with Crippen LogP contribution < -0.4 is 0 Å². The zero-order valence-electron chi connectivity index (χ0n) is 44.9. The van der Waals surface area contributed by atoms with Crippen molar-refractivity contribution in [3.05, 3.63) is 277 Å². The van der Waals surface area contributed by atoms with Gasteiger partial charge in [-0.15, -0.1) is 0 Å². The first kappa shape index (κ1) is 46.2. The zero-order valence-corrected chi connectivity index (χ0v) is 44.9. The number of hydrogen-bond acceptors (Lipinski definition) is 0. The molecule has 0 unspecified atom stereocenters. The molecule has 0 bridgehead atoms. The molecule has 0 radical (unpaired) electrons. The number of hydrogen-bond donors (Lipinski definition) is 0. The van der Waals surface area contributed by atoms with Gasteiger partial charge in [0.2, 0.25) is 0 Å². The SMILES string of the molecule is CCc1ccc(-c2c3ccccc3c(-c3ccc4c(c3)C(C)(C)c3cc(-c5ccc6c(c5)C(C)(C)c5cc(-c7c8ccccc8c(-c8cccc(-c9ccccc9)c8)c8ccccc78)ccc5-6)ccc3-4)c3ccccc23)cc1. The van der Waals surface area contributed by atoms with E-state index in [0.29, 0.717) is 0 Å². The molecule has 13 aromatic carbocycles. The molecule has 15 rings (SSSR count). The van der Waals surface area contributed by atoms with Crippen LogP contribution in [0.1, 0.15) is 62.4 Å². The van der Waals surface area contributed by atoms with Crippen molar-refractivity contribution >= 4 is 43.1 Å². The van der Waals surface area contributed by atoms with Gasteiger partial charge in [0, 0.05) is 10.8 Å². The summed E-state index contributed by atoms with van der Waals surface area (Å²) in [4.78, 5) is 0. The van der Waals surface area contributed by atoms with Crippen molar-refractivity contribution in [1.82, 2.24) is 0 Å². The molecule has 0 saturated carbocycles. The zero-order chi connectivity index (χ0) is 52.4. The Morgan fingerprint density at radius 1 is 0.231 bits per heavy atom. The van der Waals surface area contributed by atoms with E-state index in [-0.39, 0.29) is 10.8 Å². The third kappa shape index (κ3) is 6.92. The van der Waals surface area contributed by atoms with Gasteiger partial charge in [-0.05, 0) is 197 Å². The summed E-state index contributed by atoms with van der Waals surface area (Å²) < 4.78 is 0. The third-order valence-corrected chi connectivity index (χ3v) is 18.0.